The molecule has 142 valence electrons. The van der Waals surface area contributed by atoms with E-state index in [1.54, 1.807) is 26.0 Å². The predicted octanol–water partition coefficient (Wildman–Crippen LogP) is 3.01. The predicted molar refractivity (Wildman–Crippen MR) is 101 cm³/mol. The third kappa shape index (κ3) is 4.31. The van der Waals surface area contributed by atoms with E-state index in [0.29, 0.717) is 36.1 Å². The van der Waals surface area contributed by atoms with Crippen LogP contribution in [0, 0.1) is 0 Å². The lowest BCUT2D eigenvalue weighted by Crippen LogP contribution is -2.02. The molecule has 0 amide bonds. The monoisotopic (exact) mass is 369 g/mol. The Morgan fingerprint density at radius 1 is 0.926 bits per heavy atom. The van der Waals surface area contributed by atoms with Crippen molar-refractivity contribution in [3.05, 3.63) is 59.7 Å². The Morgan fingerprint density at radius 3 is 2.19 bits per heavy atom. The fourth-order valence-electron chi connectivity index (χ4n) is 2.77. The molecule has 1 aromatic heterocycles. The van der Waals surface area contributed by atoms with Crippen LogP contribution < -0.4 is 18.9 Å². The summed E-state index contributed by atoms with van der Waals surface area (Å²) in [6.07, 6.45) is 0.575. The van der Waals surface area contributed by atoms with Crippen molar-refractivity contribution < 1.29 is 18.9 Å². The van der Waals surface area contributed by atoms with Crippen LogP contribution in [0.5, 0.6) is 23.0 Å². The Balaban J connectivity index is 1.77. The first-order chi connectivity index (χ1) is 13.1. The molecular formula is C20H23N3O4. The number of para-hydroxylation sites is 1. The average Bonchev–Trinajstić information content (AvgIpc) is 3.05. The second-order valence-corrected chi connectivity index (χ2v) is 5.88. The average molecular weight is 369 g/mol. The lowest BCUT2D eigenvalue weighted by Gasteiger charge is -2.13. The molecule has 0 radical (unpaired) electrons. The molecule has 7 heteroatoms. The van der Waals surface area contributed by atoms with Crippen LogP contribution >= 0.6 is 0 Å². The van der Waals surface area contributed by atoms with Crippen molar-refractivity contribution >= 4 is 0 Å². The lowest BCUT2D eigenvalue weighted by molar-refractivity contribution is 0.295. The van der Waals surface area contributed by atoms with Crippen LogP contribution in [0.15, 0.2) is 42.5 Å². The number of nitrogens with zero attached hydrogens (tertiary/aromatic N) is 3. The Bertz CT molecular complexity index is 868. The fraction of sp³-hybridized carbons (Fsp3) is 0.300. The molecule has 0 aliphatic rings. The quantitative estimate of drug-likeness (QED) is 0.608. The Hall–Kier alpha value is -3.22. The van der Waals surface area contributed by atoms with Crippen LogP contribution in [0.1, 0.15) is 17.2 Å². The van der Waals surface area contributed by atoms with E-state index in [1.807, 2.05) is 49.5 Å². The van der Waals surface area contributed by atoms with Gasteiger partial charge in [-0.2, -0.15) is 5.10 Å². The molecule has 0 unspecified atom stereocenters. The molecule has 0 spiro atoms. The first-order valence-electron chi connectivity index (χ1n) is 8.50. The van der Waals surface area contributed by atoms with Gasteiger partial charge in [0.25, 0.3) is 0 Å². The number of methoxy groups -OCH3 is 3. The van der Waals surface area contributed by atoms with Crippen molar-refractivity contribution in [2.24, 2.45) is 7.05 Å². The molecule has 0 N–H and O–H groups in total. The molecule has 3 aromatic rings. The summed E-state index contributed by atoms with van der Waals surface area (Å²) >= 11 is 0. The van der Waals surface area contributed by atoms with Gasteiger partial charge in [-0.05, 0) is 29.8 Å². The molecule has 2 aromatic carbocycles. The SMILES string of the molecule is COc1cc(Cc2nc(COc3ccccc3)nn2C)cc(OC)c1OC. The van der Waals surface area contributed by atoms with E-state index >= 15 is 0 Å². The van der Waals surface area contributed by atoms with E-state index < -0.39 is 0 Å². The number of rotatable bonds is 8. The summed E-state index contributed by atoms with van der Waals surface area (Å²) in [5.74, 6) is 4.03. The summed E-state index contributed by atoms with van der Waals surface area (Å²) in [4.78, 5) is 4.59. The molecule has 0 aliphatic carbocycles. The zero-order valence-electron chi connectivity index (χ0n) is 15.9. The minimum absolute atomic E-state index is 0.313. The maximum absolute atomic E-state index is 5.72. The standard InChI is InChI=1S/C20H23N3O4/c1-23-19(21-18(22-23)13-27-15-8-6-5-7-9-15)12-14-10-16(24-2)20(26-4)17(11-14)25-3/h5-11H,12-13H2,1-4H3. The fourth-order valence-corrected chi connectivity index (χ4v) is 2.77. The van der Waals surface area contributed by atoms with Crippen LogP contribution in [-0.4, -0.2) is 36.1 Å². The van der Waals surface area contributed by atoms with Gasteiger partial charge in [-0.15, -0.1) is 0 Å². The molecule has 0 fully saturated rings. The van der Waals surface area contributed by atoms with Crippen LogP contribution in [0.2, 0.25) is 0 Å². The zero-order valence-corrected chi connectivity index (χ0v) is 15.9. The highest BCUT2D eigenvalue weighted by molar-refractivity contribution is 5.54. The van der Waals surface area contributed by atoms with E-state index in [-0.39, 0.29) is 0 Å². The molecule has 0 bridgehead atoms. The van der Waals surface area contributed by atoms with Gasteiger partial charge in [0.2, 0.25) is 5.75 Å². The van der Waals surface area contributed by atoms with E-state index in [4.69, 9.17) is 18.9 Å². The number of hydrogen-bond acceptors (Lipinski definition) is 6. The molecule has 0 aliphatic heterocycles. The van der Waals surface area contributed by atoms with E-state index in [2.05, 4.69) is 10.1 Å². The normalized spacial score (nSPS) is 10.5. The Kier molecular flexibility index (Phi) is 5.80. The van der Waals surface area contributed by atoms with Crippen LogP contribution in [0.4, 0.5) is 0 Å². The first-order valence-corrected chi connectivity index (χ1v) is 8.50. The van der Waals surface area contributed by atoms with E-state index in [1.165, 1.54) is 0 Å². The molecule has 1 heterocycles. The minimum atomic E-state index is 0.313. The summed E-state index contributed by atoms with van der Waals surface area (Å²) in [7, 11) is 6.65. The van der Waals surface area contributed by atoms with Crippen molar-refractivity contribution in [3.8, 4) is 23.0 Å². The van der Waals surface area contributed by atoms with Gasteiger partial charge < -0.3 is 18.9 Å². The smallest absolute Gasteiger partial charge is 0.203 e. The Labute approximate surface area is 158 Å². The number of hydrogen-bond donors (Lipinski definition) is 0. The summed E-state index contributed by atoms with van der Waals surface area (Å²) in [5, 5.41) is 4.43. The maximum atomic E-state index is 5.72. The zero-order chi connectivity index (χ0) is 19.2. The lowest BCUT2D eigenvalue weighted by atomic mass is 10.1. The van der Waals surface area contributed by atoms with Gasteiger partial charge in [-0.3, -0.25) is 4.68 Å². The topological polar surface area (TPSA) is 67.6 Å². The highest BCUT2D eigenvalue weighted by Crippen LogP contribution is 2.38. The molecule has 0 atom stereocenters. The van der Waals surface area contributed by atoms with Crippen molar-refractivity contribution in [3.63, 3.8) is 0 Å². The van der Waals surface area contributed by atoms with Crippen LogP contribution in [-0.2, 0) is 20.1 Å². The summed E-state index contributed by atoms with van der Waals surface area (Å²) in [6, 6.07) is 13.4. The van der Waals surface area contributed by atoms with Crippen molar-refractivity contribution in [1.29, 1.82) is 0 Å². The summed E-state index contributed by atoms with van der Waals surface area (Å²) in [6.45, 7) is 0.313. The van der Waals surface area contributed by atoms with Crippen LogP contribution in [0.25, 0.3) is 0 Å². The van der Waals surface area contributed by atoms with Gasteiger partial charge in [-0.25, -0.2) is 4.98 Å². The van der Waals surface area contributed by atoms with Crippen molar-refractivity contribution in [2.45, 2.75) is 13.0 Å². The van der Waals surface area contributed by atoms with E-state index in [9.17, 15) is 0 Å². The summed E-state index contributed by atoms with van der Waals surface area (Å²) in [5.41, 5.74) is 0.982. The third-order valence-electron chi connectivity index (χ3n) is 4.09. The molecular weight excluding hydrogens is 346 g/mol. The molecule has 27 heavy (non-hydrogen) atoms. The van der Waals surface area contributed by atoms with Gasteiger partial charge >= 0.3 is 0 Å². The Morgan fingerprint density at radius 2 is 1.59 bits per heavy atom. The number of ether oxygens (including phenoxy) is 4. The highest BCUT2D eigenvalue weighted by atomic mass is 16.5. The van der Waals surface area contributed by atoms with Gasteiger partial charge in [-0.1, -0.05) is 18.2 Å². The second-order valence-electron chi connectivity index (χ2n) is 5.88. The van der Waals surface area contributed by atoms with Crippen molar-refractivity contribution in [1.82, 2.24) is 14.8 Å². The van der Waals surface area contributed by atoms with Gasteiger partial charge in [0.1, 0.15) is 18.2 Å². The molecule has 7 nitrogen and oxygen atoms in total. The number of aromatic nitrogens is 3. The molecule has 3 rings (SSSR count). The highest BCUT2D eigenvalue weighted by Gasteiger charge is 2.15. The largest absolute Gasteiger partial charge is 0.493 e. The summed E-state index contributed by atoms with van der Waals surface area (Å²) < 4.78 is 23.7. The third-order valence-corrected chi connectivity index (χ3v) is 4.09. The maximum Gasteiger partial charge on any atom is 0.203 e. The minimum Gasteiger partial charge on any atom is -0.493 e. The van der Waals surface area contributed by atoms with Gasteiger partial charge in [0.05, 0.1) is 21.3 Å². The first kappa shape index (κ1) is 18.6. The van der Waals surface area contributed by atoms with Crippen molar-refractivity contribution in [2.75, 3.05) is 21.3 Å². The number of benzene rings is 2. The van der Waals surface area contributed by atoms with E-state index in [0.717, 1.165) is 17.1 Å². The van der Waals surface area contributed by atoms with Gasteiger partial charge in [0.15, 0.2) is 17.3 Å². The second kappa shape index (κ2) is 8.44. The molecule has 0 saturated carbocycles. The molecule has 0 saturated heterocycles. The van der Waals surface area contributed by atoms with Crippen LogP contribution in [0.3, 0.4) is 0 Å². The van der Waals surface area contributed by atoms with Gasteiger partial charge in [0, 0.05) is 13.5 Å². The number of aryl methyl sites for hydroxylation is 1.